The van der Waals surface area contributed by atoms with Gasteiger partial charge in [-0.05, 0) is 43.7 Å². The number of anilines is 1. The minimum absolute atomic E-state index is 0.210. The molecule has 0 unspecified atom stereocenters. The lowest BCUT2D eigenvalue weighted by Gasteiger charge is -2.07. The monoisotopic (exact) mass is 243 g/mol. The lowest BCUT2D eigenvalue weighted by molar-refractivity contribution is 0.102. The van der Waals surface area contributed by atoms with Crippen molar-refractivity contribution in [1.82, 2.24) is 0 Å². The van der Waals surface area contributed by atoms with Crippen LogP contribution in [0.4, 0.5) is 10.1 Å². The topological polar surface area (TPSA) is 29.1 Å². The van der Waals surface area contributed by atoms with E-state index < -0.39 is 5.82 Å². The predicted molar refractivity (Wildman–Crippen MR) is 70.3 cm³/mol. The zero-order valence-electron chi connectivity index (χ0n) is 10.3. The Morgan fingerprint density at radius 2 is 1.78 bits per heavy atom. The SMILES string of the molecule is Cc1cccc(C(=O)Nc2cc(C)ccc2F)c1. The second kappa shape index (κ2) is 5.00. The van der Waals surface area contributed by atoms with Crippen LogP contribution in [0.25, 0.3) is 0 Å². The molecule has 0 saturated heterocycles. The zero-order valence-corrected chi connectivity index (χ0v) is 10.3. The van der Waals surface area contributed by atoms with E-state index in [0.717, 1.165) is 11.1 Å². The third-order valence-electron chi connectivity index (χ3n) is 2.65. The van der Waals surface area contributed by atoms with Crippen LogP contribution < -0.4 is 5.32 Å². The molecule has 2 nitrogen and oxygen atoms in total. The number of amides is 1. The summed E-state index contributed by atoms with van der Waals surface area (Å²) < 4.78 is 13.5. The van der Waals surface area contributed by atoms with Crippen molar-refractivity contribution in [2.75, 3.05) is 5.32 Å². The van der Waals surface area contributed by atoms with Crippen LogP contribution in [0.3, 0.4) is 0 Å². The maximum absolute atomic E-state index is 13.5. The first-order valence-electron chi connectivity index (χ1n) is 5.70. The summed E-state index contributed by atoms with van der Waals surface area (Å²) >= 11 is 0. The molecular formula is C15H14FNO. The van der Waals surface area contributed by atoms with Crippen molar-refractivity contribution in [3.8, 4) is 0 Å². The van der Waals surface area contributed by atoms with E-state index in [9.17, 15) is 9.18 Å². The number of carbonyl (C=O) groups excluding carboxylic acids is 1. The van der Waals surface area contributed by atoms with Gasteiger partial charge in [0, 0.05) is 5.56 Å². The molecule has 0 heterocycles. The van der Waals surface area contributed by atoms with Gasteiger partial charge < -0.3 is 5.32 Å². The van der Waals surface area contributed by atoms with Gasteiger partial charge in [-0.15, -0.1) is 0 Å². The molecule has 0 aliphatic rings. The molecule has 0 bridgehead atoms. The van der Waals surface area contributed by atoms with Crippen molar-refractivity contribution >= 4 is 11.6 Å². The number of carbonyl (C=O) groups is 1. The van der Waals surface area contributed by atoms with Gasteiger partial charge in [0.25, 0.3) is 5.91 Å². The van der Waals surface area contributed by atoms with Crippen molar-refractivity contribution in [3.05, 3.63) is 65.0 Å². The maximum Gasteiger partial charge on any atom is 0.255 e. The molecule has 0 fully saturated rings. The van der Waals surface area contributed by atoms with E-state index in [1.54, 1.807) is 30.3 Å². The van der Waals surface area contributed by atoms with Crippen LogP contribution in [0.1, 0.15) is 21.5 Å². The minimum atomic E-state index is -0.429. The smallest absolute Gasteiger partial charge is 0.255 e. The molecule has 3 heteroatoms. The first-order chi connectivity index (χ1) is 8.56. The van der Waals surface area contributed by atoms with Crippen LogP contribution in [0, 0.1) is 19.7 Å². The van der Waals surface area contributed by atoms with Gasteiger partial charge in [0.05, 0.1) is 5.69 Å². The van der Waals surface area contributed by atoms with Gasteiger partial charge >= 0.3 is 0 Å². The summed E-state index contributed by atoms with van der Waals surface area (Å²) in [4.78, 5) is 12.0. The first-order valence-corrected chi connectivity index (χ1v) is 5.70. The van der Waals surface area contributed by atoms with Gasteiger partial charge in [0.2, 0.25) is 0 Å². The molecule has 0 aliphatic carbocycles. The minimum Gasteiger partial charge on any atom is -0.319 e. The average molecular weight is 243 g/mol. The van der Waals surface area contributed by atoms with Crippen molar-refractivity contribution in [2.45, 2.75) is 13.8 Å². The van der Waals surface area contributed by atoms with E-state index >= 15 is 0 Å². The molecule has 0 aromatic heterocycles. The summed E-state index contributed by atoms with van der Waals surface area (Å²) in [5.74, 6) is -0.732. The maximum atomic E-state index is 13.5. The number of rotatable bonds is 2. The summed E-state index contributed by atoms with van der Waals surface area (Å²) in [6, 6.07) is 11.8. The van der Waals surface area contributed by atoms with Crippen LogP contribution in [-0.4, -0.2) is 5.91 Å². The molecule has 0 radical (unpaired) electrons. The highest BCUT2D eigenvalue weighted by Gasteiger charge is 2.09. The summed E-state index contributed by atoms with van der Waals surface area (Å²) in [6.45, 7) is 3.76. The molecule has 0 spiro atoms. The molecule has 2 rings (SSSR count). The van der Waals surface area contributed by atoms with Gasteiger partial charge in [0.1, 0.15) is 5.82 Å². The van der Waals surface area contributed by atoms with E-state index in [0.29, 0.717) is 5.56 Å². The summed E-state index contributed by atoms with van der Waals surface area (Å²) in [5.41, 5.74) is 2.63. The molecule has 0 atom stereocenters. The van der Waals surface area contributed by atoms with Crippen molar-refractivity contribution < 1.29 is 9.18 Å². The Balaban J connectivity index is 2.24. The van der Waals surface area contributed by atoms with E-state index in [2.05, 4.69) is 5.32 Å². The van der Waals surface area contributed by atoms with E-state index in [1.807, 2.05) is 19.9 Å². The Kier molecular flexibility index (Phi) is 3.42. The molecule has 2 aromatic carbocycles. The molecule has 18 heavy (non-hydrogen) atoms. The Hall–Kier alpha value is -2.16. The lowest BCUT2D eigenvalue weighted by atomic mass is 10.1. The number of aryl methyl sites for hydroxylation is 2. The van der Waals surface area contributed by atoms with Crippen molar-refractivity contribution in [1.29, 1.82) is 0 Å². The standard InChI is InChI=1S/C15H14FNO/c1-10-4-3-5-12(8-10)15(18)17-14-9-11(2)6-7-13(14)16/h3-9H,1-2H3,(H,17,18). The highest BCUT2D eigenvalue weighted by molar-refractivity contribution is 6.04. The molecular weight excluding hydrogens is 229 g/mol. The third-order valence-corrected chi connectivity index (χ3v) is 2.65. The van der Waals surface area contributed by atoms with Gasteiger partial charge in [-0.2, -0.15) is 0 Å². The summed E-state index contributed by atoms with van der Waals surface area (Å²) in [7, 11) is 0. The Morgan fingerprint density at radius 3 is 2.50 bits per heavy atom. The zero-order chi connectivity index (χ0) is 13.1. The number of nitrogens with one attached hydrogen (secondary N) is 1. The number of benzene rings is 2. The second-order valence-corrected chi connectivity index (χ2v) is 4.31. The number of hydrogen-bond acceptors (Lipinski definition) is 1. The fourth-order valence-corrected chi connectivity index (χ4v) is 1.72. The van der Waals surface area contributed by atoms with Crippen molar-refractivity contribution in [2.24, 2.45) is 0 Å². The molecule has 0 saturated carbocycles. The molecule has 0 aliphatic heterocycles. The fourth-order valence-electron chi connectivity index (χ4n) is 1.72. The van der Waals surface area contributed by atoms with Gasteiger partial charge in [0.15, 0.2) is 0 Å². The van der Waals surface area contributed by atoms with Crippen molar-refractivity contribution in [3.63, 3.8) is 0 Å². The summed E-state index contributed by atoms with van der Waals surface area (Å²) in [5, 5.41) is 2.58. The van der Waals surface area contributed by atoms with Crippen LogP contribution in [0.15, 0.2) is 42.5 Å². The normalized spacial score (nSPS) is 10.2. The average Bonchev–Trinajstić information content (AvgIpc) is 2.34. The van der Waals surface area contributed by atoms with Gasteiger partial charge in [-0.25, -0.2) is 4.39 Å². The van der Waals surface area contributed by atoms with Crippen LogP contribution in [0.5, 0.6) is 0 Å². The van der Waals surface area contributed by atoms with Gasteiger partial charge in [-0.1, -0.05) is 23.8 Å². The van der Waals surface area contributed by atoms with E-state index in [-0.39, 0.29) is 11.6 Å². The number of halogens is 1. The highest BCUT2D eigenvalue weighted by Crippen LogP contribution is 2.17. The molecule has 92 valence electrons. The van der Waals surface area contributed by atoms with Crippen LogP contribution in [0.2, 0.25) is 0 Å². The highest BCUT2D eigenvalue weighted by atomic mass is 19.1. The van der Waals surface area contributed by atoms with Crippen LogP contribution in [-0.2, 0) is 0 Å². The Bertz CT molecular complexity index is 593. The van der Waals surface area contributed by atoms with E-state index in [1.165, 1.54) is 6.07 Å². The number of hydrogen-bond donors (Lipinski definition) is 1. The van der Waals surface area contributed by atoms with Crippen LogP contribution >= 0.6 is 0 Å². The lowest BCUT2D eigenvalue weighted by Crippen LogP contribution is -2.13. The van der Waals surface area contributed by atoms with E-state index in [4.69, 9.17) is 0 Å². The molecule has 1 amide bonds. The largest absolute Gasteiger partial charge is 0.319 e. The second-order valence-electron chi connectivity index (χ2n) is 4.31. The summed E-state index contributed by atoms with van der Waals surface area (Å²) in [6.07, 6.45) is 0. The third kappa shape index (κ3) is 2.74. The molecule has 2 aromatic rings. The first kappa shape index (κ1) is 12.3. The fraction of sp³-hybridized carbons (Fsp3) is 0.133. The van der Waals surface area contributed by atoms with Gasteiger partial charge in [-0.3, -0.25) is 4.79 Å². The quantitative estimate of drug-likeness (QED) is 0.856. The Labute approximate surface area is 105 Å². The predicted octanol–water partition coefficient (Wildman–Crippen LogP) is 3.69. The Morgan fingerprint density at radius 1 is 1.06 bits per heavy atom. The molecule has 1 N–H and O–H groups in total.